The predicted octanol–water partition coefficient (Wildman–Crippen LogP) is 3.60. The predicted molar refractivity (Wildman–Crippen MR) is 89.7 cm³/mol. The van der Waals surface area contributed by atoms with Gasteiger partial charge in [-0.3, -0.25) is 19.6 Å². The molecule has 6 nitrogen and oxygen atoms in total. The lowest BCUT2D eigenvalue weighted by Gasteiger charge is -2.09. The monoisotopic (exact) mass is 328 g/mol. The first-order valence-corrected chi connectivity index (χ1v) is 8.04. The third-order valence-corrected chi connectivity index (χ3v) is 3.49. The van der Waals surface area contributed by atoms with E-state index in [1.165, 1.54) is 18.6 Å². The van der Waals surface area contributed by atoms with Crippen molar-refractivity contribution in [3.8, 4) is 0 Å². The number of rotatable bonds is 8. The molecule has 0 aromatic carbocycles. The first kappa shape index (κ1) is 20.4. The Morgan fingerprint density at radius 1 is 1.50 bits per heavy atom. The van der Waals surface area contributed by atoms with Gasteiger partial charge in [-0.25, -0.2) is 0 Å². The molecule has 0 saturated carbocycles. The highest BCUT2D eigenvalue weighted by atomic mass is 32.2. The average Bonchev–Trinajstić information content (AvgIpc) is 2.88. The molecule has 124 valence electrons. The van der Waals surface area contributed by atoms with Crippen molar-refractivity contribution < 1.29 is 14.5 Å². The fourth-order valence-electron chi connectivity index (χ4n) is 1.60. The van der Waals surface area contributed by atoms with Gasteiger partial charge in [-0.05, 0) is 30.9 Å². The van der Waals surface area contributed by atoms with E-state index >= 15 is 0 Å². The highest BCUT2D eigenvalue weighted by molar-refractivity contribution is 8.01. The number of hydrogen-bond donors (Lipinski definition) is 1. The van der Waals surface area contributed by atoms with Crippen molar-refractivity contribution in [3.05, 3.63) is 46.0 Å². The Bertz CT molecular complexity index is 435. The molecular formula is C15H24N2O4S. The molecule has 7 heteroatoms. The number of nitro groups is 1. The number of allylic oxidation sites excluding steroid dienone is 2. The fourth-order valence-corrected chi connectivity index (χ4v) is 2.32. The summed E-state index contributed by atoms with van der Waals surface area (Å²) in [6.07, 6.45) is 5.69. The van der Waals surface area contributed by atoms with Gasteiger partial charge < -0.3 is 4.74 Å². The van der Waals surface area contributed by atoms with Gasteiger partial charge in [-0.15, -0.1) is 0 Å². The van der Waals surface area contributed by atoms with Gasteiger partial charge in [0, 0.05) is 19.0 Å². The normalized spacial score (nSPS) is 17.7. The van der Waals surface area contributed by atoms with Crippen molar-refractivity contribution in [2.45, 2.75) is 45.6 Å². The lowest BCUT2D eigenvalue weighted by Crippen LogP contribution is -2.15. The maximum atomic E-state index is 10.9. The van der Waals surface area contributed by atoms with Crippen molar-refractivity contribution in [2.24, 2.45) is 0 Å². The van der Waals surface area contributed by atoms with E-state index < -0.39 is 4.92 Å². The van der Waals surface area contributed by atoms with E-state index in [4.69, 9.17) is 4.74 Å². The summed E-state index contributed by atoms with van der Waals surface area (Å²) < 4.78 is 8.05. The SMILES string of the molecule is C=C/C(SNCCC1CCC(=O)O1)=C(\C=C)[N+](=O)[O-].CCC. The minimum absolute atomic E-state index is 0.0499. The molecule has 1 aliphatic heterocycles. The third kappa shape index (κ3) is 7.99. The van der Waals surface area contributed by atoms with Crippen LogP contribution in [0.2, 0.25) is 0 Å². The van der Waals surface area contributed by atoms with Gasteiger partial charge in [0.25, 0.3) is 5.70 Å². The van der Waals surface area contributed by atoms with Crippen LogP contribution in [-0.4, -0.2) is 23.5 Å². The number of carbonyl (C=O) groups excluding carboxylic acids is 1. The Labute approximate surface area is 136 Å². The number of cyclic esters (lactones) is 1. The van der Waals surface area contributed by atoms with E-state index in [9.17, 15) is 14.9 Å². The van der Waals surface area contributed by atoms with Crippen molar-refractivity contribution in [2.75, 3.05) is 6.54 Å². The van der Waals surface area contributed by atoms with Gasteiger partial charge >= 0.3 is 5.97 Å². The lowest BCUT2D eigenvalue weighted by atomic mass is 10.2. The van der Waals surface area contributed by atoms with Crippen molar-refractivity contribution >= 4 is 17.9 Å². The maximum absolute atomic E-state index is 10.9. The zero-order chi connectivity index (χ0) is 17.0. The second kappa shape index (κ2) is 12.0. The van der Waals surface area contributed by atoms with E-state index in [2.05, 4.69) is 31.7 Å². The van der Waals surface area contributed by atoms with Crippen LogP contribution in [0.15, 0.2) is 35.9 Å². The Hall–Kier alpha value is -1.60. The number of carbonyl (C=O) groups is 1. The van der Waals surface area contributed by atoms with Crippen LogP contribution < -0.4 is 4.72 Å². The molecule has 1 atom stereocenters. The lowest BCUT2D eigenvalue weighted by molar-refractivity contribution is -0.419. The Morgan fingerprint density at radius 3 is 2.55 bits per heavy atom. The average molecular weight is 328 g/mol. The second-order valence-electron chi connectivity index (χ2n) is 4.56. The second-order valence-corrected chi connectivity index (χ2v) is 5.49. The molecule has 22 heavy (non-hydrogen) atoms. The van der Waals surface area contributed by atoms with Gasteiger partial charge in [0.05, 0.1) is 9.83 Å². The van der Waals surface area contributed by atoms with Crippen LogP contribution in [0.3, 0.4) is 0 Å². The number of ether oxygens (including phenoxy) is 1. The van der Waals surface area contributed by atoms with E-state index in [1.807, 2.05) is 0 Å². The van der Waals surface area contributed by atoms with Crippen LogP contribution in [-0.2, 0) is 9.53 Å². The Morgan fingerprint density at radius 2 is 2.14 bits per heavy atom. The van der Waals surface area contributed by atoms with Crippen molar-refractivity contribution in [1.82, 2.24) is 4.72 Å². The minimum atomic E-state index is -0.503. The number of esters is 1. The Balaban J connectivity index is 0.00000135. The molecule has 1 N–H and O–H groups in total. The first-order chi connectivity index (χ1) is 10.5. The zero-order valence-corrected chi connectivity index (χ0v) is 14.0. The highest BCUT2D eigenvalue weighted by Crippen LogP contribution is 2.20. The smallest absolute Gasteiger partial charge is 0.306 e. The molecule has 1 fully saturated rings. The van der Waals surface area contributed by atoms with Crippen LogP contribution in [0.1, 0.15) is 39.5 Å². The zero-order valence-electron chi connectivity index (χ0n) is 13.2. The molecule has 0 amide bonds. The standard InChI is InChI=1S/C12H16N2O4S.C3H8/c1-3-10(14(16)17)11(4-2)19-13-8-7-9-5-6-12(15)18-9;1-3-2/h3-4,9,13H,1-2,5-8H2;3H2,1-2H3/b11-10-;. The van der Waals surface area contributed by atoms with Gasteiger partial charge in [0.1, 0.15) is 6.10 Å². The topological polar surface area (TPSA) is 81.5 Å². The number of nitrogens with one attached hydrogen (secondary N) is 1. The largest absolute Gasteiger partial charge is 0.462 e. The van der Waals surface area contributed by atoms with Crippen LogP contribution in [0.5, 0.6) is 0 Å². The molecular weight excluding hydrogens is 304 g/mol. The van der Waals surface area contributed by atoms with E-state index in [-0.39, 0.29) is 17.8 Å². The van der Waals surface area contributed by atoms with E-state index in [0.29, 0.717) is 24.3 Å². The van der Waals surface area contributed by atoms with Gasteiger partial charge in [-0.1, -0.05) is 33.4 Å². The van der Waals surface area contributed by atoms with Crippen molar-refractivity contribution in [1.29, 1.82) is 0 Å². The summed E-state index contributed by atoms with van der Waals surface area (Å²) >= 11 is 1.12. The molecule has 1 heterocycles. The van der Waals surface area contributed by atoms with Crippen LogP contribution in [0.25, 0.3) is 0 Å². The summed E-state index contributed by atoms with van der Waals surface area (Å²) in [6.45, 7) is 11.8. The summed E-state index contributed by atoms with van der Waals surface area (Å²) in [5.41, 5.74) is -0.0835. The van der Waals surface area contributed by atoms with Crippen LogP contribution in [0, 0.1) is 10.1 Å². The van der Waals surface area contributed by atoms with Gasteiger partial charge in [0.2, 0.25) is 0 Å². The third-order valence-electron chi connectivity index (χ3n) is 2.55. The quantitative estimate of drug-likeness (QED) is 0.183. The molecule has 0 radical (unpaired) electrons. The summed E-state index contributed by atoms with van der Waals surface area (Å²) in [4.78, 5) is 21.5. The summed E-state index contributed by atoms with van der Waals surface area (Å²) in [7, 11) is 0. The first-order valence-electron chi connectivity index (χ1n) is 7.22. The Kier molecular flexibility index (Phi) is 11.1. The molecule has 1 saturated heterocycles. The molecule has 0 aliphatic carbocycles. The molecule has 0 bridgehead atoms. The molecule has 1 rings (SSSR count). The number of hydrogen-bond acceptors (Lipinski definition) is 6. The summed E-state index contributed by atoms with van der Waals surface area (Å²) in [5.74, 6) is -0.161. The number of nitrogens with zero attached hydrogens (tertiary/aromatic N) is 1. The fraction of sp³-hybridized carbons (Fsp3) is 0.533. The van der Waals surface area contributed by atoms with Gasteiger partial charge in [-0.2, -0.15) is 0 Å². The molecule has 0 spiro atoms. The van der Waals surface area contributed by atoms with Crippen LogP contribution in [0.4, 0.5) is 0 Å². The summed E-state index contributed by atoms with van der Waals surface area (Å²) in [5, 5.41) is 10.7. The van der Waals surface area contributed by atoms with E-state index in [0.717, 1.165) is 18.4 Å². The molecule has 1 aliphatic rings. The van der Waals surface area contributed by atoms with Crippen LogP contribution >= 0.6 is 11.9 Å². The van der Waals surface area contributed by atoms with Gasteiger partial charge in [0.15, 0.2) is 0 Å². The van der Waals surface area contributed by atoms with E-state index in [1.54, 1.807) is 0 Å². The molecule has 0 aromatic rings. The maximum Gasteiger partial charge on any atom is 0.306 e. The highest BCUT2D eigenvalue weighted by Gasteiger charge is 2.22. The van der Waals surface area contributed by atoms with Crippen molar-refractivity contribution in [3.63, 3.8) is 0 Å². The molecule has 0 aromatic heterocycles. The summed E-state index contributed by atoms with van der Waals surface area (Å²) in [6, 6.07) is 0. The molecule has 1 unspecified atom stereocenters. The minimum Gasteiger partial charge on any atom is -0.462 e.